The monoisotopic (exact) mass is 431 g/mol. The second-order valence-corrected chi connectivity index (χ2v) is 9.38. The summed E-state index contributed by atoms with van der Waals surface area (Å²) in [5.41, 5.74) is 1.42. The minimum Gasteiger partial charge on any atom is -0.494 e. The van der Waals surface area contributed by atoms with Crippen LogP contribution >= 0.6 is 11.3 Å². The summed E-state index contributed by atoms with van der Waals surface area (Å²) >= 11 is 1.23. The zero-order chi connectivity index (χ0) is 20.4. The van der Waals surface area contributed by atoms with E-state index < -0.39 is 15.7 Å². The average molecular weight is 431 g/mol. The fraction of sp³-hybridized carbons (Fsp3) is 0.211. The summed E-state index contributed by atoms with van der Waals surface area (Å²) in [5.74, 6) is -0.299. The molecule has 10 heteroatoms. The molecule has 0 bridgehead atoms. The Kier molecular flexibility index (Phi) is 5.20. The van der Waals surface area contributed by atoms with Gasteiger partial charge in [-0.25, -0.2) is 13.4 Å². The summed E-state index contributed by atoms with van der Waals surface area (Å²) < 4.78 is 35.0. The van der Waals surface area contributed by atoms with Crippen LogP contribution in [0.15, 0.2) is 59.6 Å². The third-order valence-corrected chi connectivity index (χ3v) is 6.33. The van der Waals surface area contributed by atoms with Crippen molar-refractivity contribution in [3.63, 3.8) is 0 Å². The highest BCUT2D eigenvalue weighted by Crippen LogP contribution is 2.32. The number of thiazole rings is 1. The first-order chi connectivity index (χ1) is 13.9. The van der Waals surface area contributed by atoms with Gasteiger partial charge in [-0.15, -0.1) is 0 Å². The van der Waals surface area contributed by atoms with E-state index in [1.807, 2.05) is 6.07 Å². The van der Waals surface area contributed by atoms with Gasteiger partial charge in [-0.3, -0.25) is 14.7 Å². The van der Waals surface area contributed by atoms with Crippen molar-refractivity contribution in [2.24, 2.45) is 0 Å². The van der Waals surface area contributed by atoms with Crippen LogP contribution in [0.1, 0.15) is 5.56 Å². The Morgan fingerprint density at radius 3 is 2.83 bits per heavy atom. The molecule has 3 aromatic rings. The van der Waals surface area contributed by atoms with E-state index >= 15 is 0 Å². The van der Waals surface area contributed by atoms with Gasteiger partial charge in [0.05, 0.1) is 21.7 Å². The summed E-state index contributed by atoms with van der Waals surface area (Å²) in [6.45, 7) is 0.900. The van der Waals surface area contributed by atoms with E-state index in [4.69, 9.17) is 9.47 Å². The summed E-state index contributed by atoms with van der Waals surface area (Å²) in [5, 5.41) is 0.426. The largest absolute Gasteiger partial charge is 0.494 e. The van der Waals surface area contributed by atoms with Gasteiger partial charge >= 0.3 is 0 Å². The van der Waals surface area contributed by atoms with Gasteiger partial charge in [-0.1, -0.05) is 17.4 Å². The van der Waals surface area contributed by atoms with Gasteiger partial charge in [-0.05, 0) is 29.8 Å². The number of nitrogens with zero attached hydrogens (tertiary/aromatic N) is 3. The van der Waals surface area contributed by atoms with Crippen molar-refractivity contribution in [3.8, 4) is 0 Å². The van der Waals surface area contributed by atoms with Crippen molar-refractivity contribution in [1.29, 1.82) is 0 Å². The number of sulfone groups is 1. The molecule has 4 rings (SSSR count). The molecule has 0 fully saturated rings. The molecule has 0 atom stereocenters. The van der Waals surface area contributed by atoms with Crippen LogP contribution in [0.4, 0.5) is 5.13 Å². The molecular formula is C19H17N3O5S2. The first-order valence-electron chi connectivity index (χ1n) is 8.68. The molecule has 150 valence electrons. The van der Waals surface area contributed by atoms with E-state index in [0.717, 1.165) is 11.8 Å². The van der Waals surface area contributed by atoms with Gasteiger partial charge in [0.25, 0.3) is 5.91 Å². The lowest BCUT2D eigenvalue weighted by Crippen LogP contribution is -2.33. The number of carbonyl (C=O) groups excluding carboxylic acids is 1. The highest BCUT2D eigenvalue weighted by molar-refractivity contribution is 7.90. The van der Waals surface area contributed by atoms with Gasteiger partial charge in [0, 0.05) is 18.6 Å². The third-order valence-electron chi connectivity index (χ3n) is 4.18. The second kappa shape index (κ2) is 7.80. The van der Waals surface area contributed by atoms with Gasteiger partial charge in [-0.2, -0.15) is 0 Å². The highest BCUT2D eigenvalue weighted by atomic mass is 32.2. The number of hydrogen-bond donors (Lipinski definition) is 0. The van der Waals surface area contributed by atoms with Crippen LogP contribution in [0, 0.1) is 0 Å². The maximum Gasteiger partial charge on any atom is 0.298 e. The van der Waals surface area contributed by atoms with Crippen LogP contribution in [0.25, 0.3) is 10.2 Å². The Labute approximate surface area is 171 Å². The first kappa shape index (κ1) is 19.3. The molecule has 0 radical (unpaired) electrons. The van der Waals surface area contributed by atoms with Crippen LogP contribution < -0.4 is 4.90 Å². The lowest BCUT2D eigenvalue weighted by Gasteiger charge is -2.23. The average Bonchev–Trinajstić information content (AvgIpc) is 3.15. The minimum absolute atomic E-state index is 0.0937. The standard InChI is InChI=1S/C19H17N3O5S2/c1-29(24,25)14-4-5-15-17(9-14)28-19(21-15)22(11-13-3-2-6-20-10-13)18(23)16-12-26-7-8-27-16/h2-6,9-10,12H,7-8,11H2,1H3. The van der Waals surface area contributed by atoms with Gasteiger partial charge in [0.2, 0.25) is 5.76 Å². The topological polar surface area (TPSA) is 98.7 Å². The number of carbonyl (C=O) groups is 1. The maximum absolute atomic E-state index is 13.1. The van der Waals surface area contributed by atoms with Gasteiger partial charge in [0.15, 0.2) is 15.0 Å². The molecule has 0 spiro atoms. The van der Waals surface area contributed by atoms with Crippen molar-refractivity contribution in [2.45, 2.75) is 11.4 Å². The van der Waals surface area contributed by atoms with E-state index in [2.05, 4.69) is 9.97 Å². The molecule has 8 nitrogen and oxygen atoms in total. The molecule has 0 saturated carbocycles. The van der Waals surface area contributed by atoms with Crippen LogP contribution in [-0.4, -0.2) is 43.8 Å². The quantitative estimate of drug-likeness (QED) is 0.612. The zero-order valence-electron chi connectivity index (χ0n) is 15.4. The predicted octanol–water partition coefficient (Wildman–Crippen LogP) is 2.52. The van der Waals surface area contributed by atoms with Crippen molar-refractivity contribution in [3.05, 3.63) is 60.3 Å². The fourth-order valence-electron chi connectivity index (χ4n) is 2.75. The molecule has 1 amide bonds. The summed E-state index contributed by atoms with van der Waals surface area (Å²) in [4.78, 5) is 23.4. The summed E-state index contributed by atoms with van der Waals surface area (Å²) in [6.07, 6.45) is 5.78. The van der Waals surface area contributed by atoms with E-state index in [0.29, 0.717) is 22.0 Å². The number of amides is 1. The molecule has 1 aliphatic heterocycles. The Balaban J connectivity index is 1.75. The number of fused-ring (bicyclic) bond motifs is 1. The van der Waals surface area contributed by atoms with E-state index in [-0.39, 0.29) is 23.8 Å². The Morgan fingerprint density at radius 2 is 2.14 bits per heavy atom. The number of rotatable bonds is 5. The predicted molar refractivity (Wildman–Crippen MR) is 108 cm³/mol. The second-order valence-electron chi connectivity index (χ2n) is 6.35. The fourth-order valence-corrected chi connectivity index (χ4v) is 4.48. The number of aromatic nitrogens is 2. The molecule has 0 aliphatic carbocycles. The maximum atomic E-state index is 13.1. The number of hydrogen-bond acceptors (Lipinski definition) is 8. The smallest absolute Gasteiger partial charge is 0.298 e. The lowest BCUT2D eigenvalue weighted by molar-refractivity contribution is -0.119. The molecule has 0 unspecified atom stereocenters. The molecule has 1 aliphatic rings. The van der Waals surface area contributed by atoms with Crippen LogP contribution in [0.2, 0.25) is 0 Å². The molecule has 1 aromatic carbocycles. The van der Waals surface area contributed by atoms with Crippen molar-refractivity contribution < 1.29 is 22.7 Å². The van der Waals surface area contributed by atoms with Gasteiger partial charge in [0.1, 0.15) is 19.5 Å². The lowest BCUT2D eigenvalue weighted by atomic mass is 10.2. The minimum atomic E-state index is -3.34. The van der Waals surface area contributed by atoms with Gasteiger partial charge < -0.3 is 9.47 Å². The Bertz CT molecular complexity index is 1190. The van der Waals surface area contributed by atoms with Crippen molar-refractivity contribution in [2.75, 3.05) is 24.4 Å². The Hall–Kier alpha value is -2.98. The zero-order valence-corrected chi connectivity index (χ0v) is 17.1. The van der Waals surface area contributed by atoms with Crippen LogP contribution in [0.5, 0.6) is 0 Å². The van der Waals surface area contributed by atoms with Crippen molar-refractivity contribution >= 4 is 42.4 Å². The van der Waals surface area contributed by atoms with Crippen molar-refractivity contribution in [1.82, 2.24) is 9.97 Å². The van der Waals surface area contributed by atoms with Crippen LogP contribution in [-0.2, 0) is 30.7 Å². The normalized spacial score (nSPS) is 14.0. The molecule has 0 saturated heterocycles. The molecular weight excluding hydrogens is 414 g/mol. The number of anilines is 1. The number of benzene rings is 1. The van der Waals surface area contributed by atoms with E-state index in [1.165, 1.54) is 28.6 Å². The van der Waals surface area contributed by atoms with E-state index in [1.54, 1.807) is 30.6 Å². The molecule has 2 aromatic heterocycles. The Morgan fingerprint density at radius 1 is 1.28 bits per heavy atom. The first-order valence-corrected chi connectivity index (χ1v) is 11.4. The summed E-state index contributed by atoms with van der Waals surface area (Å²) in [7, 11) is -3.34. The molecule has 3 heterocycles. The number of pyridine rings is 1. The highest BCUT2D eigenvalue weighted by Gasteiger charge is 2.26. The summed E-state index contributed by atoms with van der Waals surface area (Å²) in [6, 6.07) is 8.36. The molecule has 0 N–H and O–H groups in total. The SMILES string of the molecule is CS(=O)(=O)c1ccc2nc(N(Cc3cccnc3)C(=O)C3=COCCO3)sc2c1. The van der Waals surface area contributed by atoms with E-state index in [9.17, 15) is 13.2 Å². The van der Waals surface area contributed by atoms with Crippen LogP contribution in [0.3, 0.4) is 0 Å². The number of ether oxygens (including phenoxy) is 2. The third kappa shape index (κ3) is 4.22. The molecule has 29 heavy (non-hydrogen) atoms.